The molecule has 0 saturated carbocycles. The third-order valence-electron chi connectivity index (χ3n) is 2.38. The van der Waals surface area contributed by atoms with Crippen LogP contribution in [0, 0.1) is 5.82 Å². The largest absolute Gasteiger partial charge is 0.382 e. The summed E-state index contributed by atoms with van der Waals surface area (Å²) >= 11 is 0. The van der Waals surface area contributed by atoms with E-state index in [1.165, 1.54) is 6.07 Å². The van der Waals surface area contributed by atoms with Crippen LogP contribution in [-0.2, 0) is 0 Å². The molecule has 1 aromatic rings. The summed E-state index contributed by atoms with van der Waals surface area (Å²) in [4.78, 5) is 2.24. The van der Waals surface area contributed by atoms with E-state index in [0.29, 0.717) is 0 Å². The summed E-state index contributed by atoms with van der Waals surface area (Å²) in [6.45, 7) is 4.97. The van der Waals surface area contributed by atoms with Crippen molar-refractivity contribution in [2.45, 2.75) is 6.92 Å². The Balaban J connectivity index is 2.40. The third kappa shape index (κ3) is 1.46. The summed E-state index contributed by atoms with van der Waals surface area (Å²) in [6.07, 6.45) is 0. The molecule has 0 aromatic heterocycles. The van der Waals surface area contributed by atoms with Crippen LogP contribution in [0.4, 0.5) is 15.8 Å². The molecule has 70 valence electrons. The van der Waals surface area contributed by atoms with Gasteiger partial charge in [0, 0.05) is 19.6 Å². The second kappa shape index (κ2) is 3.24. The van der Waals surface area contributed by atoms with Crippen molar-refractivity contribution in [1.82, 2.24) is 0 Å². The summed E-state index contributed by atoms with van der Waals surface area (Å²) in [6, 6.07) is 4.89. The Kier molecular flexibility index (Phi) is 2.08. The molecule has 0 aliphatic carbocycles. The van der Waals surface area contributed by atoms with Gasteiger partial charge >= 0.3 is 0 Å². The molecule has 0 spiro atoms. The number of hydrogen-bond acceptors (Lipinski definition) is 2. The summed E-state index contributed by atoms with van der Waals surface area (Å²) in [5, 5.41) is 3.19. The van der Waals surface area contributed by atoms with Gasteiger partial charge in [0.05, 0.1) is 11.4 Å². The van der Waals surface area contributed by atoms with Gasteiger partial charge in [0.1, 0.15) is 5.82 Å². The molecule has 1 aliphatic heterocycles. The highest BCUT2D eigenvalue weighted by Gasteiger charge is 2.14. The summed E-state index contributed by atoms with van der Waals surface area (Å²) in [7, 11) is 0. The Labute approximate surface area is 77.4 Å². The SMILES string of the molecule is CCN1CCNc2cc(F)ccc21. The zero-order valence-electron chi connectivity index (χ0n) is 7.68. The van der Waals surface area contributed by atoms with Gasteiger partial charge in [-0.25, -0.2) is 4.39 Å². The normalized spacial score (nSPS) is 15.1. The van der Waals surface area contributed by atoms with E-state index in [1.54, 1.807) is 6.07 Å². The van der Waals surface area contributed by atoms with E-state index in [2.05, 4.69) is 17.1 Å². The first-order valence-electron chi connectivity index (χ1n) is 4.59. The van der Waals surface area contributed by atoms with E-state index < -0.39 is 0 Å². The maximum Gasteiger partial charge on any atom is 0.125 e. The minimum Gasteiger partial charge on any atom is -0.382 e. The van der Waals surface area contributed by atoms with Gasteiger partial charge in [-0.05, 0) is 25.1 Å². The maximum absolute atomic E-state index is 12.9. The highest BCUT2D eigenvalue weighted by Crippen LogP contribution is 2.28. The van der Waals surface area contributed by atoms with Crippen molar-refractivity contribution in [3.63, 3.8) is 0 Å². The molecule has 0 saturated heterocycles. The molecule has 1 N–H and O–H groups in total. The zero-order valence-corrected chi connectivity index (χ0v) is 7.68. The van der Waals surface area contributed by atoms with Crippen LogP contribution in [0.25, 0.3) is 0 Å². The fourth-order valence-corrected chi connectivity index (χ4v) is 1.70. The van der Waals surface area contributed by atoms with Gasteiger partial charge in [-0.2, -0.15) is 0 Å². The molecule has 0 atom stereocenters. The van der Waals surface area contributed by atoms with Crippen molar-refractivity contribution in [2.75, 3.05) is 29.9 Å². The van der Waals surface area contributed by atoms with E-state index in [-0.39, 0.29) is 5.82 Å². The van der Waals surface area contributed by atoms with Crippen molar-refractivity contribution in [3.05, 3.63) is 24.0 Å². The lowest BCUT2D eigenvalue weighted by atomic mass is 10.2. The fourth-order valence-electron chi connectivity index (χ4n) is 1.70. The van der Waals surface area contributed by atoms with Crippen molar-refractivity contribution >= 4 is 11.4 Å². The molecule has 1 aliphatic rings. The molecule has 3 heteroatoms. The van der Waals surface area contributed by atoms with E-state index in [1.807, 2.05) is 6.07 Å². The molecular formula is C10H13FN2. The lowest BCUT2D eigenvalue weighted by Crippen LogP contribution is -2.33. The number of benzene rings is 1. The molecule has 0 unspecified atom stereocenters. The number of rotatable bonds is 1. The number of nitrogens with zero attached hydrogens (tertiary/aromatic N) is 1. The van der Waals surface area contributed by atoms with Crippen LogP contribution in [0.15, 0.2) is 18.2 Å². The molecular weight excluding hydrogens is 167 g/mol. The quantitative estimate of drug-likeness (QED) is 0.711. The van der Waals surface area contributed by atoms with Gasteiger partial charge in [-0.1, -0.05) is 0 Å². The minimum atomic E-state index is -0.177. The second-order valence-electron chi connectivity index (χ2n) is 3.17. The smallest absolute Gasteiger partial charge is 0.125 e. The predicted octanol–water partition coefficient (Wildman–Crippen LogP) is 2.08. The van der Waals surface area contributed by atoms with Crippen molar-refractivity contribution in [1.29, 1.82) is 0 Å². The number of halogens is 1. The van der Waals surface area contributed by atoms with Gasteiger partial charge in [0.15, 0.2) is 0 Å². The Morgan fingerprint density at radius 1 is 1.54 bits per heavy atom. The van der Waals surface area contributed by atoms with Gasteiger partial charge in [-0.3, -0.25) is 0 Å². The van der Waals surface area contributed by atoms with Crippen LogP contribution < -0.4 is 10.2 Å². The van der Waals surface area contributed by atoms with Crippen molar-refractivity contribution in [2.24, 2.45) is 0 Å². The lowest BCUT2D eigenvalue weighted by Gasteiger charge is -2.30. The summed E-state index contributed by atoms with van der Waals surface area (Å²) < 4.78 is 12.9. The highest BCUT2D eigenvalue weighted by atomic mass is 19.1. The van der Waals surface area contributed by atoms with E-state index in [0.717, 1.165) is 31.0 Å². The first-order chi connectivity index (χ1) is 6.31. The van der Waals surface area contributed by atoms with Crippen LogP contribution in [0.5, 0.6) is 0 Å². The molecule has 13 heavy (non-hydrogen) atoms. The Bertz CT molecular complexity index is 312. The van der Waals surface area contributed by atoms with Gasteiger partial charge in [0.25, 0.3) is 0 Å². The Hall–Kier alpha value is -1.25. The summed E-state index contributed by atoms with van der Waals surface area (Å²) in [5.41, 5.74) is 2.02. The van der Waals surface area contributed by atoms with Crippen molar-refractivity contribution in [3.8, 4) is 0 Å². The van der Waals surface area contributed by atoms with Crippen molar-refractivity contribution < 1.29 is 4.39 Å². The Morgan fingerprint density at radius 2 is 2.38 bits per heavy atom. The molecule has 0 fully saturated rings. The minimum absolute atomic E-state index is 0.177. The average Bonchev–Trinajstić information content (AvgIpc) is 2.16. The highest BCUT2D eigenvalue weighted by molar-refractivity contribution is 5.71. The molecule has 1 heterocycles. The molecule has 0 radical (unpaired) electrons. The van der Waals surface area contributed by atoms with Crippen LogP contribution in [0.3, 0.4) is 0 Å². The number of hydrogen-bond donors (Lipinski definition) is 1. The summed E-state index contributed by atoms with van der Waals surface area (Å²) in [5.74, 6) is -0.177. The Morgan fingerprint density at radius 3 is 3.15 bits per heavy atom. The standard InChI is InChI=1S/C10H13FN2/c1-2-13-6-5-12-9-7-8(11)3-4-10(9)13/h3-4,7,12H,2,5-6H2,1H3. The first-order valence-corrected chi connectivity index (χ1v) is 4.59. The number of likely N-dealkylation sites (N-methyl/N-ethyl adjacent to an activating group) is 1. The fraction of sp³-hybridized carbons (Fsp3) is 0.400. The van der Waals surface area contributed by atoms with Gasteiger partial charge in [-0.15, -0.1) is 0 Å². The first kappa shape index (κ1) is 8.35. The van der Waals surface area contributed by atoms with E-state index in [4.69, 9.17) is 0 Å². The van der Waals surface area contributed by atoms with Gasteiger partial charge < -0.3 is 10.2 Å². The van der Waals surface area contributed by atoms with Crippen LogP contribution in [-0.4, -0.2) is 19.6 Å². The molecule has 2 rings (SSSR count). The van der Waals surface area contributed by atoms with Crippen LogP contribution >= 0.6 is 0 Å². The zero-order chi connectivity index (χ0) is 9.26. The number of anilines is 2. The molecule has 1 aromatic carbocycles. The average molecular weight is 180 g/mol. The lowest BCUT2D eigenvalue weighted by molar-refractivity contribution is 0.627. The molecule has 0 amide bonds. The monoisotopic (exact) mass is 180 g/mol. The van der Waals surface area contributed by atoms with Gasteiger partial charge in [0.2, 0.25) is 0 Å². The molecule has 2 nitrogen and oxygen atoms in total. The number of fused-ring (bicyclic) bond motifs is 1. The van der Waals surface area contributed by atoms with E-state index in [9.17, 15) is 4.39 Å². The second-order valence-corrected chi connectivity index (χ2v) is 3.17. The van der Waals surface area contributed by atoms with Crippen LogP contribution in [0.2, 0.25) is 0 Å². The topological polar surface area (TPSA) is 15.3 Å². The third-order valence-corrected chi connectivity index (χ3v) is 2.38. The predicted molar refractivity (Wildman–Crippen MR) is 52.8 cm³/mol. The molecule has 0 bridgehead atoms. The maximum atomic E-state index is 12.9. The van der Waals surface area contributed by atoms with E-state index >= 15 is 0 Å². The number of nitrogens with one attached hydrogen (secondary N) is 1. The van der Waals surface area contributed by atoms with Crippen LogP contribution in [0.1, 0.15) is 6.92 Å².